The minimum Gasteiger partial charge on any atom is -0.377 e. The van der Waals surface area contributed by atoms with Crippen molar-refractivity contribution in [3.05, 3.63) is 0 Å². The molecule has 0 spiro atoms. The maximum absolute atomic E-state index is 13.3. The number of hydrogen-bond acceptors (Lipinski definition) is 4. The highest BCUT2D eigenvalue weighted by Gasteiger charge is 2.43. The summed E-state index contributed by atoms with van der Waals surface area (Å²) < 4.78 is 11.9. The first-order valence-electron chi connectivity index (χ1n) is 11.3. The summed E-state index contributed by atoms with van der Waals surface area (Å²) >= 11 is 0. The topological polar surface area (TPSA) is 55.8 Å². The molecule has 1 saturated heterocycles. The number of ketones is 1. The second-order valence-electron chi connectivity index (χ2n) is 10.9. The maximum atomic E-state index is 13.3. The Balaban J connectivity index is 2.89. The number of carbonyl (C=O) groups is 2. The number of Topliss-reactive ketones (excluding diaryl/α,β-unsaturated/α-hetero) is 1. The number of hydrogen-bond donors (Lipinski definition) is 0. The molecule has 1 heterocycles. The molecular weight excluding hydrogens is 366 g/mol. The molecule has 0 aromatic rings. The van der Waals surface area contributed by atoms with E-state index in [0.29, 0.717) is 26.0 Å². The number of ether oxygens (including phenoxy) is 2. The highest BCUT2D eigenvalue weighted by atomic mass is 16.5. The average molecular weight is 412 g/mol. The fourth-order valence-electron chi connectivity index (χ4n) is 3.72. The highest BCUT2D eigenvalue weighted by Crippen LogP contribution is 2.45. The monoisotopic (exact) mass is 411 g/mol. The van der Waals surface area contributed by atoms with Gasteiger partial charge >= 0.3 is 0 Å². The van der Waals surface area contributed by atoms with Crippen LogP contribution in [0.4, 0.5) is 0 Å². The van der Waals surface area contributed by atoms with Crippen LogP contribution in [0, 0.1) is 16.7 Å². The Morgan fingerprint density at radius 1 is 0.931 bits per heavy atom. The summed E-state index contributed by atoms with van der Waals surface area (Å²) in [7, 11) is 0. The molecule has 170 valence electrons. The van der Waals surface area contributed by atoms with Gasteiger partial charge in [-0.05, 0) is 44.9 Å². The molecule has 29 heavy (non-hydrogen) atoms. The molecule has 1 amide bonds. The molecule has 0 N–H and O–H groups in total. The van der Waals surface area contributed by atoms with Crippen molar-refractivity contribution in [2.24, 2.45) is 16.7 Å². The van der Waals surface area contributed by atoms with Gasteiger partial charge in [-0.15, -0.1) is 0 Å². The van der Waals surface area contributed by atoms with Crippen molar-refractivity contribution in [1.29, 1.82) is 0 Å². The fraction of sp³-hybridized carbons (Fsp3) is 0.917. The lowest BCUT2D eigenvalue weighted by Gasteiger charge is -2.42. The normalized spacial score (nSPS) is 20.9. The molecule has 1 aliphatic rings. The minimum atomic E-state index is -0.297. The summed E-state index contributed by atoms with van der Waals surface area (Å²) in [6, 6.07) is 0.0462. The van der Waals surface area contributed by atoms with Gasteiger partial charge < -0.3 is 14.4 Å². The summed E-state index contributed by atoms with van der Waals surface area (Å²) in [5, 5.41) is 0. The van der Waals surface area contributed by atoms with Gasteiger partial charge in [0, 0.05) is 25.3 Å². The van der Waals surface area contributed by atoms with Gasteiger partial charge in [-0.25, -0.2) is 0 Å². The lowest BCUT2D eigenvalue weighted by Crippen LogP contribution is -2.44. The molecule has 0 aromatic heterocycles. The number of carbonyl (C=O) groups excluding carboxylic acids is 2. The van der Waals surface area contributed by atoms with Crippen LogP contribution in [0.3, 0.4) is 0 Å². The molecule has 0 radical (unpaired) electrons. The largest absolute Gasteiger partial charge is 0.377 e. The predicted octanol–water partition coefficient (Wildman–Crippen LogP) is 4.86. The summed E-state index contributed by atoms with van der Waals surface area (Å²) in [6.07, 6.45) is 2.04. The summed E-state index contributed by atoms with van der Waals surface area (Å²) in [4.78, 5) is 27.7. The van der Waals surface area contributed by atoms with Crippen LogP contribution >= 0.6 is 0 Å². The third-order valence-corrected chi connectivity index (χ3v) is 6.47. The molecule has 2 atom stereocenters. The lowest BCUT2D eigenvalue weighted by atomic mass is 9.63. The van der Waals surface area contributed by atoms with Gasteiger partial charge in [0.2, 0.25) is 5.91 Å². The van der Waals surface area contributed by atoms with E-state index in [4.69, 9.17) is 9.47 Å². The standard InChI is InChI=1S/C24H45NO4/c1-16(2)21(26)12-23(7,8)24(9,10)13-22(27)25-14-20(29-18(5)6)11-19(25)15-28-17(3)4/h16-20H,11-15H2,1-10H3/t19?,20-/m1/s1. The van der Waals surface area contributed by atoms with Gasteiger partial charge in [0.15, 0.2) is 0 Å². The first-order valence-corrected chi connectivity index (χ1v) is 11.3. The van der Waals surface area contributed by atoms with Crippen LogP contribution in [0.5, 0.6) is 0 Å². The van der Waals surface area contributed by atoms with Crippen LogP contribution in [-0.4, -0.2) is 54.1 Å². The van der Waals surface area contributed by atoms with Crippen LogP contribution < -0.4 is 0 Å². The second kappa shape index (κ2) is 10.4. The van der Waals surface area contributed by atoms with Crippen LogP contribution in [0.15, 0.2) is 0 Å². The van der Waals surface area contributed by atoms with E-state index in [-0.39, 0.29) is 52.8 Å². The van der Waals surface area contributed by atoms with E-state index >= 15 is 0 Å². The van der Waals surface area contributed by atoms with E-state index in [1.54, 1.807) is 0 Å². The average Bonchev–Trinajstić information content (AvgIpc) is 2.93. The number of nitrogens with zero attached hydrogens (tertiary/aromatic N) is 1. The maximum Gasteiger partial charge on any atom is 0.223 e. The molecule has 5 heteroatoms. The van der Waals surface area contributed by atoms with Gasteiger partial charge in [0.05, 0.1) is 31.0 Å². The van der Waals surface area contributed by atoms with E-state index in [1.807, 2.05) is 46.4 Å². The van der Waals surface area contributed by atoms with E-state index in [9.17, 15) is 9.59 Å². The van der Waals surface area contributed by atoms with Crippen molar-refractivity contribution < 1.29 is 19.1 Å². The predicted molar refractivity (Wildman–Crippen MR) is 118 cm³/mol. The smallest absolute Gasteiger partial charge is 0.223 e. The van der Waals surface area contributed by atoms with Crippen molar-refractivity contribution in [1.82, 2.24) is 4.90 Å². The van der Waals surface area contributed by atoms with Gasteiger partial charge in [0.1, 0.15) is 5.78 Å². The van der Waals surface area contributed by atoms with Crippen molar-refractivity contribution in [3.8, 4) is 0 Å². The molecule has 1 rings (SSSR count). The number of likely N-dealkylation sites (tertiary alicyclic amines) is 1. The third-order valence-electron chi connectivity index (χ3n) is 6.47. The van der Waals surface area contributed by atoms with Crippen LogP contribution in [0.1, 0.15) is 88.5 Å². The van der Waals surface area contributed by atoms with E-state index in [1.165, 1.54) is 0 Å². The number of amides is 1. The summed E-state index contributed by atoms with van der Waals surface area (Å²) in [5.74, 6) is 0.406. The second-order valence-corrected chi connectivity index (χ2v) is 10.9. The molecular formula is C24H45NO4. The molecule has 1 unspecified atom stereocenters. The first kappa shape index (κ1) is 26.1. The Kier molecular flexibility index (Phi) is 9.35. The van der Waals surface area contributed by atoms with E-state index in [2.05, 4.69) is 27.7 Å². The Hall–Kier alpha value is -0.940. The quantitative estimate of drug-likeness (QED) is 0.487. The van der Waals surface area contributed by atoms with E-state index < -0.39 is 0 Å². The molecule has 1 fully saturated rings. The Morgan fingerprint density at radius 2 is 1.48 bits per heavy atom. The zero-order valence-corrected chi connectivity index (χ0v) is 20.5. The number of rotatable bonds is 11. The first-order chi connectivity index (χ1) is 13.2. The molecule has 0 saturated carbocycles. The molecule has 0 aromatic carbocycles. The van der Waals surface area contributed by atoms with Crippen molar-refractivity contribution >= 4 is 11.7 Å². The third kappa shape index (κ3) is 7.67. The van der Waals surface area contributed by atoms with Crippen molar-refractivity contribution in [2.75, 3.05) is 13.2 Å². The Bertz CT molecular complexity index is 551. The molecule has 5 nitrogen and oxygen atoms in total. The zero-order valence-electron chi connectivity index (χ0n) is 20.5. The van der Waals surface area contributed by atoms with Crippen LogP contribution in [0.25, 0.3) is 0 Å². The lowest BCUT2D eigenvalue weighted by molar-refractivity contribution is -0.139. The SMILES string of the molecule is CC(C)OCC1C[C@@H](OC(C)C)CN1C(=O)CC(C)(C)C(C)(C)CC(=O)C(C)C. The van der Waals surface area contributed by atoms with Crippen molar-refractivity contribution in [2.45, 2.75) is 113 Å². The summed E-state index contributed by atoms with van der Waals surface area (Å²) in [6.45, 7) is 21.5. The van der Waals surface area contributed by atoms with Gasteiger partial charge in [0.25, 0.3) is 0 Å². The van der Waals surface area contributed by atoms with E-state index in [0.717, 1.165) is 6.42 Å². The fourth-order valence-corrected chi connectivity index (χ4v) is 3.72. The van der Waals surface area contributed by atoms with Gasteiger partial charge in [-0.1, -0.05) is 41.5 Å². The van der Waals surface area contributed by atoms with Gasteiger partial charge in [-0.3, -0.25) is 9.59 Å². The summed E-state index contributed by atoms with van der Waals surface area (Å²) in [5.41, 5.74) is -0.559. The molecule has 0 aliphatic carbocycles. The van der Waals surface area contributed by atoms with Crippen LogP contribution in [0.2, 0.25) is 0 Å². The highest BCUT2D eigenvalue weighted by molar-refractivity contribution is 5.81. The Labute approximate surface area is 178 Å². The molecule has 1 aliphatic heterocycles. The minimum absolute atomic E-state index is 0.0193. The Morgan fingerprint density at radius 3 is 1.97 bits per heavy atom. The zero-order chi connectivity index (χ0) is 22.6. The van der Waals surface area contributed by atoms with Crippen molar-refractivity contribution in [3.63, 3.8) is 0 Å². The van der Waals surface area contributed by atoms with Crippen LogP contribution in [-0.2, 0) is 19.1 Å². The molecule has 0 bridgehead atoms. The van der Waals surface area contributed by atoms with Gasteiger partial charge in [-0.2, -0.15) is 0 Å².